The minimum atomic E-state index is 0.879. The summed E-state index contributed by atoms with van der Waals surface area (Å²) in [5, 5.41) is 1.78. The van der Waals surface area contributed by atoms with Gasteiger partial charge >= 0.3 is 0 Å². The lowest BCUT2D eigenvalue weighted by molar-refractivity contribution is 0.966. The summed E-state index contributed by atoms with van der Waals surface area (Å²) in [6.07, 6.45) is 1.97. The van der Waals surface area contributed by atoms with Gasteiger partial charge in [-0.3, -0.25) is 4.98 Å². The van der Waals surface area contributed by atoms with E-state index < -0.39 is 0 Å². The third-order valence-corrected chi connectivity index (χ3v) is 4.98. The first-order valence-electron chi connectivity index (χ1n) is 6.52. The zero-order valence-electron chi connectivity index (χ0n) is 10.8. The number of rotatable bonds is 3. The number of aryl methyl sites for hydroxylation is 1. The number of hydrogen-bond donors (Lipinski definition) is 0. The Bertz CT molecular complexity index is 635. The zero-order valence-corrected chi connectivity index (χ0v) is 14.0. The predicted octanol–water partition coefficient (Wildman–Crippen LogP) is 5.01. The van der Waals surface area contributed by atoms with Gasteiger partial charge < -0.3 is 0 Å². The van der Waals surface area contributed by atoms with E-state index in [9.17, 15) is 0 Å². The normalized spacial score (nSPS) is 12.4. The lowest BCUT2D eigenvalue weighted by Gasteiger charge is -2.08. The molecule has 0 N–H and O–H groups in total. The van der Waals surface area contributed by atoms with Gasteiger partial charge in [0.1, 0.15) is 0 Å². The Kier molecular flexibility index (Phi) is 3.77. The van der Waals surface area contributed by atoms with E-state index in [4.69, 9.17) is 4.98 Å². The summed E-state index contributed by atoms with van der Waals surface area (Å²) in [6, 6.07) is 9.06. The van der Waals surface area contributed by atoms with Crippen molar-refractivity contribution in [2.75, 3.05) is 0 Å². The Morgan fingerprint density at radius 3 is 2.63 bits per heavy atom. The van der Waals surface area contributed by atoms with Crippen LogP contribution in [0.15, 0.2) is 24.3 Å². The standard InChI is InChI=1S/C16H15Br2N/c1-2-15-12(9-18)6-14-13-5-10(8-17)3-4-11(13)7-16(14)19-15/h3-6H,2,7-9H2,1H3. The average Bonchev–Trinajstić information content (AvgIpc) is 2.82. The summed E-state index contributed by atoms with van der Waals surface area (Å²) in [5.74, 6) is 0. The van der Waals surface area contributed by atoms with Crippen LogP contribution in [0.2, 0.25) is 0 Å². The molecule has 0 atom stereocenters. The number of fused-ring (bicyclic) bond motifs is 3. The fraction of sp³-hybridized carbons (Fsp3) is 0.312. The van der Waals surface area contributed by atoms with E-state index in [2.05, 4.69) is 63.0 Å². The molecule has 0 saturated heterocycles. The van der Waals surface area contributed by atoms with Crippen LogP contribution < -0.4 is 0 Å². The predicted molar refractivity (Wildman–Crippen MR) is 87.1 cm³/mol. The van der Waals surface area contributed by atoms with Crippen LogP contribution in [0.25, 0.3) is 11.1 Å². The van der Waals surface area contributed by atoms with Crippen molar-refractivity contribution >= 4 is 31.9 Å². The molecule has 1 aromatic heterocycles. The lowest BCUT2D eigenvalue weighted by atomic mass is 10.0. The number of alkyl halides is 2. The van der Waals surface area contributed by atoms with Gasteiger partial charge in [-0.25, -0.2) is 0 Å². The maximum atomic E-state index is 4.87. The van der Waals surface area contributed by atoms with Crippen LogP contribution in [-0.4, -0.2) is 4.98 Å². The molecule has 0 saturated carbocycles. The first kappa shape index (κ1) is 13.3. The summed E-state index contributed by atoms with van der Waals surface area (Å²) in [4.78, 5) is 4.87. The fourth-order valence-electron chi connectivity index (χ4n) is 2.72. The summed E-state index contributed by atoms with van der Waals surface area (Å²) >= 11 is 7.11. The van der Waals surface area contributed by atoms with Crippen molar-refractivity contribution in [3.63, 3.8) is 0 Å². The molecule has 1 aromatic carbocycles. The zero-order chi connectivity index (χ0) is 13.4. The van der Waals surface area contributed by atoms with Crippen molar-refractivity contribution in [1.29, 1.82) is 0 Å². The number of aromatic nitrogens is 1. The number of benzene rings is 1. The molecule has 1 nitrogen and oxygen atoms in total. The second-order valence-electron chi connectivity index (χ2n) is 4.88. The molecule has 0 spiro atoms. The second kappa shape index (κ2) is 5.37. The molecule has 19 heavy (non-hydrogen) atoms. The highest BCUT2D eigenvalue weighted by Gasteiger charge is 2.21. The van der Waals surface area contributed by atoms with Gasteiger partial charge in [0.15, 0.2) is 0 Å². The van der Waals surface area contributed by atoms with Crippen molar-refractivity contribution in [2.24, 2.45) is 0 Å². The molecule has 0 radical (unpaired) electrons. The molecule has 2 aromatic rings. The average molecular weight is 381 g/mol. The van der Waals surface area contributed by atoms with Gasteiger partial charge in [0.25, 0.3) is 0 Å². The van der Waals surface area contributed by atoms with Crippen molar-refractivity contribution in [2.45, 2.75) is 30.4 Å². The minimum absolute atomic E-state index is 0.879. The van der Waals surface area contributed by atoms with Gasteiger partial charge in [-0.1, -0.05) is 50.9 Å². The molecule has 3 heteroatoms. The van der Waals surface area contributed by atoms with Crippen LogP contribution in [-0.2, 0) is 23.5 Å². The van der Waals surface area contributed by atoms with Crippen LogP contribution in [0.5, 0.6) is 0 Å². The molecule has 1 aliphatic carbocycles. The molecule has 0 amide bonds. The first-order chi connectivity index (χ1) is 9.26. The quantitative estimate of drug-likeness (QED) is 0.582. The molecule has 0 aliphatic heterocycles. The Labute approximate surface area is 130 Å². The van der Waals surface area contributed by atoms with Gasteiger partial charge in [-0.15, -0.1) is 0 Å². The Hall–Kier alpha value is -0.670. The summed E-state index contributed by atoms with van der Waals surface area (Å²) in [7, 11) is 0. The Morgan fingerprint density at radius 2 is 1.95 bits per heavy atom. The summed E-state index contributed by atoms with van der Waals surface area (Å²) in [6.45, 7) is 2.17. The molecular weight excluding hydrogens is 366 g/mol. The highest BCUT2D eigenvalue weighted by atomic mass is 79.9. The highest BCUT2D eigenvalue weighted by Crippen LogP contribution is 2.38. The topological polar surface area (TPSA) is 12.9 Å². The van der Waals surface area contributed by atoms with E-state index in [1.807, 2.05) is 0 Å². The number of nitrogens with zero attached hydrogens (tertiary/aromatic N) is 1. The maximum Gasteiger partial charge on any atom is 0.0529 e. The lowest BCUT2D eigenvalue weighted by Crippen LogP contribution is -1.98. The van der Waals surface area contributed by atoms with Gasteiger partial charge in [-0.2, -0.15) is 0 Å². The largest absolute Gasteiger partial charge is 0.257 e. The summed E-state index contributed by atoms with van der Waals surface area (Å²) < 4.78 is 0. The first-order valence-corrected chi connectivity index (χ1v) is 8.76. The van der Waals surface area contributed by atoms with E-state index >= 15 is 0 Å². The smallest absolute Gasteiger partial charge is 0.0529 e. The van der Waals surface area contributed by atoms with E-state index in [1.54, 1.807) is 0 Å². The highest BCUT2D eigenvalue weighted by molar-refractivity contribution is 9.08. The molecule has 1 aliphatic rings. The minimum Gasteiger partial charge on any atom is -0.257 e. The third kappa shape index (κ3) is 2.27. The molecule has 1 heterocycles. The molecule has 98 valence electrons. The number of halogens is 2. The summed E-state index contributed by atoms with van der Waals surface area (Å²) in [5.41, 5.74) is 9.20. The van der Waals surface area contributed by atoms with E-state index in [0.717, 1.165) is 23.5 Å². The van der Waals surface area contributed by atoms with Gasteiger partial charge in [-0.05, 0) is 40.8 Å². The Morgan fingerprint density at radius 1 is 1.11 bits per heavy atom. The van der Waals surface area contributed by atoms with E-state index in [0.29, 0.717) is 0 Å². The van der Waals surface area contributed by atoms with Crippen LogP contribution in [0, 0.1) is 0 Å². The van der Waals surface area contributed by atoms with Crippen molar-refractivity contribution < 1.29 is 0 Å². The van der Waals surface area contributed by atoms with Gasteiger partial charge in [0.05, 0.1) is 5.69 Å². The van der Waals surface area contributed by atoms with Gasteiger partial charge in [0, 0.05) is 28.3 Å². The molecule has 3 rings (SSSR count). The monoisotopic (exact) mass is 379 g/mol. The van der Waals surface area contributed by atoms with Crippen molar-refractivity contribution in [3.05, 3.63) is 52.3 Å². The SMILES string of the molecule is CCc1nc2c(cc1CBr)-c1cc(CBr)ccc1C2. The van der Waals surface area contributed by atoms with Crippen LogP contribution in [0.4, 0.5) is 0 Å². The molecular formula is C16H15Br2N. The molecule has 0 fully saturated rings. The van der Waals surface area contributed by atoms with E-state index in [-0.39, 0.29) is 0 Å². The van der Waals surface area contributed by atoms with Crippen LogP contribution in [0.1, 0.15) is 35.0 Å². The van der Waals surface area contributed by atoms with Crippen LogP contribution in [0.3, 0.4) is 0 Å². The Balaban J connectivity index is 2.17. The van der Waals surface area contributed by atoms with Gasteiger partial charge in [0.2, 0.25) is 0 Å². The number of hydrogen-bond acceptors (Lipinski definition) is 1. The van der Waals surface area contributed by atoms with Crippen molar-refractivity contribution in [3.8, 4) is 11.1 Å². The third-order valence-electron chi connectivity index (χ3n) is 3.73. The van der Waals surface area contributed by atoms with Crippen LogP contribution >= 0.6 is 31.9 Å². The fourth-order valence-corrected chi connectivity index (χ4v) is 3.55. The number of pyridine rings is 1. The maximum absolute atomic E-state index is 4.87. The van der Waals surface area contributed by atoms with Crippen molar-refractivity contribution in [1.82, 2.24) is 4.98 Å². The second-order valence-corrected chi connectivity index (χ2v) is 6.00. The molecule has 0 unspecified atom stereocenters. The molecule has 0 bridgehead atoms. The van der Waals surface area contributed by atoms with E-state index in [1.165, 1.54) is 39.2 Å².